The number of nitrogens with one attached hydrogen (secondary N) is 2. The average molecular weight is 884 g/mol. The van der Waals surface area contributed by atoms with Gasteiger partial charge in [0.25, 0.3) is 5.69 Å². The van der Waals surface area contributed by atoms with Gasteiger partial charge in [0.15, 0.2) is 23.1 Å². The lowest BCUT2D eigenvalue weighted by Crippen LogP contribution is -2.02. The number of aromatic hydroxyl groups is 2. The molecule has 0 aliphatic rings. The molecule has 0 spiro atoms. The molecule has 6 rings (SSSR count). The molecule has 0 aliphatic carbocycles. The van der Waals surface area contributed by atoms with Crippen LogP contribution < -0.4 is 15.4 Å². The van der Waals surface area contributed by atoms with Crippen LogP contribution in [-0.2, 0) is 13.1 Å². The van der Waals surface area contributed by atoms with Gasteiger partial charge in [-0.15, -0.1) is 0 Å². The van der Waals surface area contributed by atoms with Crippen molar-refractivity contribution in [3.8, 4) is 17.2 Å². The third-order valence-electron chi connectivity index (χ3n) is 7.50. The van der Waals surface area contributed by atoms with Crippen molar-refractivity contribution < 1.29 is 28.7 Å². The minimum absolute atomic E-state index is 0.0430. The third kappa shape index (κ3) is 11.1. The van der Waals surface area contributed by atoms with Gasteiger partial charge in [-0.05, 0) is 83.9 Å². The summed E-state index contributed by atoms with van der Waals surface area (Å²) >= 11 is 9.55. The van der Waals surface area contributed by atoms with Crippen molar-refractivity contribution in [2.75, 3.05) is 17.7 Å². The highest BCUT2D eigenvalue weighted by Crippen LogP contribution is 2.36. The molecule has 0 fully saturated rings. The van der Waals surface area contributed by atoms with Crippen molar-refractivity contribution in [1.29, 1.82) is 0 Å². The molecule has 0 saturated heterocycles. The van der Waals surface area contributed by atoms with Crippen LogP contribution in [0.25, 0.3) is 0 Å². The number of hydrogen-bond donors (Lipinski definition) is 4. The maximum absolute atomic E-state index is 13.7. The van der Waals surface area contributed by atoms with Gasteiger partial charge in [0.1, 0.15) is 5.75 Å². The second kappa shape index (κ2) is 18.8. The second-order valence-corrected chi connectivity index (χ2v) is 15.2. The van der Waals surface area contributed by atoms with E-state index in [0.29, 0.717) is 27.7 Å². The van der Waals surface area contributed by atoms with Crippen LogP contribution in [0.15, 0.2) is 150 Å². The predicted octanol–water partition coefficient (Wildman–Crippen LogP) is 12.0. The monoisotopic (exact) mass is 881 g/mol. The first kappa shape index (κ1) is 39.4. The molecule has 0 bridgehead atoms. The quantitative estimate of drug-likeness (QED) is 0.0541. The Morgan fingerprint density at radius 2 is 1.09 bits per heavy atom. The molecule has 0 saturated carbocycles. The van der Waals surface area contributed by atoms with Gasteiger partial charge in [0.05, 0.1) is 23.4 Å². The molecule has 0 amide bonds. The molecular weight excluding hydrogens is 852 g/mol. The van der Waals surface area contributed by atoms with Crippen LogP contribution in [0.1, 0.15) is 11.1 Å². The summed E-state index contributed by atoms with van der Waals surface area (Å²) in [6.45, 7) is 0.836. The minimum atomic E-state index is -0.708. The largest absolute Gasteiger partial charge is 0.503 e. The molecule has 0 aliphatic heterocycles. The van der Waals surface area contributed by atoms with Crippen molar-refractivity contribution in [2.45, 2.75) is 32.7 Å². The van der Waals surface area contributed by atoms with E-state index in [1.165, 1.54) is 36.0 Å². The molecule has 0 heterocycles. The van der Waals surface area contributed by atoms with Crippen LogP contribution in [0.5, 0.6) is 17.2 Å². The Morgan fingerprint density at radius 1 is 0.679 bits per heavy atom. The molecule has 14 heteroatoms. The first-order valence-electron chi connectivity index (χ1n) is 15.7. The van der Waals surface area contributed by atoms with Crippen LogP contribution in [-0.4, -0.2) is 22.2 Å². The van der Waals surface area contributed by atoms with Gasteiger partial charge in [0.2, 0.25) is 0 Å². The average Bonchev–Trinajstić information content (AvgIpc) is 3.15. The van der Waals surface area contributed by atoms with Crippen LogP contribution >= 0.6 is 55.4 Å². The Kier molecular flexibility index (Phi) is 14.0. The number of phenols is 2. The van der Waals surface area contributed by atoms with Crippen molar-refractivity contribution in [2.24, 2.45) is 0 Å². The molecule has 8 nitrogen and oxygen atoms in total. The van der Waals surface area contributed by atoms with Crippen LogP contribution in [0.3, 0.4) is 0 Å². The van der Waals surface area contributed by atoms with Crippen molar-refractivity contribution >= 4 is 72.4 Å². The molecule has 272 valence electrons. The zero-order valence-electron chi connectivity index (χ0n) is 27.9. The highest BCUT2D eigenvalue weighted by atomic mass is 79.9. The Bertz CT molecular complexity index is 2200. The van der Waals surface area contributed by atoms with Gasteiger partial charge in [-0.2, -0.15) is 0 Å². The van der Waals surface area contributed by atoms with E-state index in [1.54, 1.807) is 43.1 Å². The Balaban J connectivity index is 0.000000204. The van der Waals surface area contributed by atoms with Gasteiger partial charge in [0, 0.05) is 53.7 Å². The number of rotatable bonds is 12. The topological polar surface area (TPSA) is 117 Å². The molecule has 0 unspecified atom stereocenters. The van der Waals surface area contributed by atoms with Gasteiger partial charge in [-0.25, -0.2) is 8.78 Å². The first-order valence-corrected chi connectivity index (χ1v) is 19.0. The van der Waals surface area contributed by atoms with E-state index in [9.17, 15) is 29.1 Å². The highest BCUT2D eigenvalue weighted by molar-refractivity contribution is 9.10. The normalized spacial score (nSPS) is 10.6. The van der Waals surface area contributed by atoms with Gasteiger partial charge >= 0.3 is 0 Å². The van der Waals surface area contributed by atoms with Crippen LogP contribution in [0, 0.1) is 21.7 Å². The zero-order valence-corrected chi connectivity index (χ0v) is 32.7. The second-order valence-electron chi connectivity index (χ2n) is 11.1. The van der Waals surface area contributed by atoms with Crippen LogP contribution in [0.4, 0.5) is 25.8 Å². The van der Waals surface area contributed by atoms with E-state index in [1.807, 2.05) is 72.8 Å². The maximum Gasteiger partial charge on any atom is 0.269 e. The Morgan fingerprint density at radius 3 is 1.51 bits per heavy atom. The Hall–Kier alpha value is -4.76. The summed E-state index contributed by atoms with van der Waals surface area (Å²) in [6, 6.07) is 35.5. The molecule has 0 radical (unpaired) electrons. The summed E-state index contributed by atoms with van der Waals surface area (Å²) < 4.78 is 33.6. The van der Waals surface area contributed by atoms with E-state index >= 15 is 0 Å². The smallest absolute Gasteiger partial charge is 0.269 e. The molecule has 0 aromatic heterocycles. The molecule has 6 aromatic rings. The number of anilines is 2. The van der Waals surface area contributed by atoms with E-state index in [0.717, 1.165) is 36.5 Å². The number of phenolic OH excluding ortho intramolecular Hbond substituents is 2. The van der Waals surface area contributed by atoms with E-state index < -0.39 is 22.3 Å². The number of ether oxygens (including phenoxy) is 1. The lowest BCUT2D eigenvalue weighted by atomic mass is 10.2. The van der Waals surface area contributed by atoms with E-state index in [2.05, 4.69) is 42.5 Å². The minimum Gasteiger partial charge on any atom is -0.503 e. The summed E-state index contributed by atoms with van der Waals surface area (Å²) in [4.78, 5) is 14.3. The number of benzene rings is 6. The fraction of sp³-hybridized carbons (Fsp3) is 0.0769. The SMILES string of the molecule is COc1ccc(Sc2ccccc2CNc2cc(Br)cc(F)c2O)cc1.O=[N+]([O-])c1ccc(Sc2ccccc2CNc2cc(Br)cc(F)c2O)cc1. The van der Waals surface area contributed by atoms with Gasteiger partial charge in [-0.1, -0.05) is 91.8 Å². The molecule has 53 heavy (non-hydrogen) atoms. The number of hydrogen-bond acceptors (Lipinski definition) is 9. The molecule has 0 atom stereocenters. The molecule has 4 N–H and O–H groups in total. The lowest BCUT2D eigenvalue weighted by Gasteiger charge is -2.13. The lowest BCUT2D eigenvalue weighted by molar-refractivity contribution is -0.384. The maximum atomic E-state index is 13.7. The summed E-state index contributed by atoms with van der Waals surface area (Å²) in [5, 5.41) is 36.6. The summed E-state index contributed by atoms with van der Waals surface area (Å²) in [5.74, 6) is -1.37. The number of methoxy groups -OCH3 is 1. The number of nitro groups is 1. The third-order valence-corrected chi connectivity index (χ3v) is 10.7. The summed E-state index contributed by atoms with van der Waals surface area (Å²) in [6.07, 6.45) is 0. The zero-order chi connectivity index (χ0) is 37.9. The molecule has 6 aromatic carbocycles. The summed E-state index contributed by atoms with van der Waals surface area (Å²) in [7, 11) is 1.64. The summed E-state index contributed by atoms with van der Waals surface area (Å²) in [5.41, 5.74) is 2.67. The van der Waals surface area contributed by atoms with Gasteiger partial charge in [-0.3, -0.25) is 10.1 Å². The highest BCUT2D eigenvalue weighted by Gasteiger charge is 2.13. The number of nitro benzene ring substituents is 1. The van der Waals surface area contributed by atoms with Crippen LogP contribution in [0.2, 0.25) is 0 Å². The molecular formula is C39H31Br2F2N3O5S2. The van der Waals surface area contributed by atoms with E-state index in [4.69, 9.17) is 4.74 Å². The standard InChI is InChI=1S/C20H17BrFNO2S.C19H14BrFN2O3S/c1-25-15-6-8-16(9-7-15)26-19-5-3-2-4-13(19)12-23-18-11-14(21)10-17(22)20(18)24;20-13-9-16(21)19(24)17(10-13)22-11-12-3-1-2-4-18(12)27-15-7-5-14(6-8-15)23(25)26/h2-11,23-24H,12H2,1H3;1-10,22,24H,11H2. The predicted molar refractivity (Wildman–Crippen MR) is 213 cm³/mol. The van der Waals surface area contributed by atoms with Crippen molar-refractivity contribution in [1.82, 2.24) is 0 Å². The van der Waals surface area contributed by atoms with Gasteiger partial charge < -0.3 is 25.6 Å². The van der Waals surface area contributed by atoms with E-state index in [-0.39, 0.29) is 17.1 Å². The first-order chi connectivity index (χ1) is 25.5. The fourth-order valence-electron chi connectivity index (χ4n) is 4.81. The number of non-ortho nitro benzene ring substituents is 1. The number of nitrogens with zero attached hydrogens (tertiary/aromatic N) is 1. The van der Waals surface area contributed by atoms with Crippen molar-refractivity contribution in [3.05, 3.63) is 163 Å². The fourth-order valence-corrected chi connectivity index (χ4v) is 7.56. The Labute approximate surface area is 330 Å². The van der Waals surface area contributed by atoms with Crippen molar-refractivity contribution in [3.63, 3.8) is 0 Å². The number of halogens is 4.